The van der Waals surface area contributed by atoms with E-state index in [1.54, 1.807) is 18.4 Å². The lowest BCUT2D eigenvalue weighted by Gasteiger charge is -2.16. The molecule has 2 aromatic rings. The normalized spacial score (nSPS) is 12.2. The first-order valence-electron chi connectivity index (χ1n) is 5.49. The zero-order valence-electron chi connectivity index (χ0n) is 9.89. The number of ether oxygens (including phenoxy) is 1. The third-order valence-corrected chi connectivity index (χ3v) is 4.27. The predicted molar refractivity (Wildman–Crippen MR) is 78.5 cm³/mol. The number of halogens is 1. The van der Waals surface area contributed by atoms with Crippen molar-refractivity contribution in [2.75, 3.05) is 19.0 Å². The molecule has 1 heterocycles. The van der Waals surface area contributed by atoms with E-state index in [1.807, 2.05) is 36.4 Å². The second kappa shape index (κ2) is 6.22. The number of benzene rings is 1. The summed E-state index contributed by atoms with van der Waals surface area (Å²) in [5, 5.41) is 12.8. The molecule has 0 amide bonds. The molecular formula is C13H14BrNO2S. The quantitative estimate of drug-likeness (QED) is 0.880. The van der Waals surface area contributed by atoms with Crippen LogP contribution in [0.25, 0.3) is 0 Å². The maximum absolute atomic E-state index is 9.47. The maximum atomic E-state index is 9.47. The van der Waals surface area contributed by atoms with Gasteiger partial charge in [-0.15, -0.1) is 11.3 Å². The summed E-state index contributed by atoms with van der Waals surface area (Å²) in [5.74, 6) is 0.795. The van der Waals surface area contributed by atoms with Crippen molar-refractivity contribution in [2.45, 2.75) is 6.04 Å². The van der Waals surface area contributed by atoms with Crippen molar-refractivity contribution < 1.29 is 9.84 Å². The Kier molecular flexibility index (Phi) is 4.63. The average molecular weight is 328 g/mol. The van der Waals surface area contributed by atoms with Crippen LogP contribution >= 0.6 is 27.3 Å². The SMILES string of the molecule is COc1cccc(NC(CO)c2ccc(Br)s2)c1. The summed E-state index contributed by atoms with van der Waals surface area (Å²) < 4.78 is 6.23. The number of methoxy groups -OCH3 is 1. The summed E-state index contributed by atoms with van der Waals surface area (Å²) in [6.45, 7) is 0.0458. The summed E-state index contributed by atoms with van der Waals surface area (Å²) in [7, 11) is 1.64. The second-order valence-corrected chi connectivity index (χ2v) is 6.25. The third kappa shape index (κ3) is 3.25. The molecule has 0 aliphatic heterocycles. The lowest BCUT2D eigenvalue weighted by Crippen LogP contribution is -2.13. The van der Waals surface area contributed by atoms with Crippen LogP contribution in [0, 0.1) is 0 Å². The first-order chi connectivity index (χ1) is 8.72. The molecule has 0 spiro atoms. The van der Waals surface area contributed by atoms with Crippen LogP contribution in [0.5, 0.6) is 5.75 Å². The van der Waals surface area contributed by atoms with Gasteiger partial charge >= 0.3 is 0 Å². The number of hydrogen-bond donors (Lipinski definition) is 2. The zero-order chi connectivity index (χ0) is 13.0. The number of rotatable bonds is 5. The molecule has 18 heavy (non-hydrogen) atoms. The van der Waals surface area contributed by atoms with Crippen LogP contribution in [0.15, 0.2) is 40.2 Å². The van der Waals surface area contributed by atoms with E-state index in [-0.39, 0.29) is 12.6 Å². The molecule has 1 atom stereocenters. The van der Waals surface area contributed by atoms with Gasteiger partial charge in [-0.3, -0.25) is 0 Å². The Bertz CT molecular complexity index is 515. The molecule has 1 aromatic carbocycles. The number of aliphatic hydroxyl groups excluding tert-OH is 1. The van der Waals surface area contributed by atoms with E-state index in [9.17, 15) is 5.11 Å². The molecule has 0 saturated carbocycles. The number of hydrogen-bond acceptors (Lipinski definition) is 4. The van der Waals surface area contributed by atoms with Crippen molar-refractivity contribution in [3.05, 3.63) is 45.1 Å². The van der Waals surface area contributed by atoms with Crippen molar-refractivity contribution in [3.63, 3.8) is 0 Å². The van der Waals surface area contributed by atoms with Crippen molar-refractivity contribution in [1.82, 2.24) is 0 Å². The van der Waals surface area contributed by atoms with Gasteiger partial charge in [-0.1, -0.05) is 6.07 Å². The lowest BCUT2D eigenvalue weighted by atomic mass is 10.2. The average Bonchev–Trinajstić information content (AvgIpc) is 2.82. The summed E-state index contributed by atoms with van der Waals surface area (Å²) in [6, 6.07) is 11.5. The molecule has 0 aliphatic rings. The van der Waals surface area contributed by atoms with Crippen molar-refractivity contribution in [3.8, 4) is 5.75 Å². The van der Waals surface area contributed by atoms with Gasteiger partial charge in [-0.2, -0.15) is 0 Å². The van der Waals surface area contributed by atoms with Crippen LogP contribution in [-0.4, -0.2) is 18.8 Å². The molecule has 1 aromatic heterocycles. The largest absolute Gasteiger partial charge is 0.497 e. The fraction of sp³-hybridized carbons (Fsp3) is 0.231. The molecule has 0 saturated heterocycles. The van der Waals surface area contributed by atoms with E-state index >= 15 is 0 Å². The number of anilines is 1. The number of thiophene rings is 1. The smallest absolute Gasteiger partial charge is 0.120 e. The molecule has 0 bridgehead atoms. The van der Waals surface area contributed by atoms with Crippen LogP contribution in [-0.2, 0) is 0 Å². The van der Waals surface area contributed by atoms with Crippen LogP contribution in [0.4, 0.5) is 5.69 Å². The predicted octanol–water partition coefficient (Wildman–Crippen LogP) is 3.66. The molecular weight excluding hydrogens is 314 g/mol. The minimum atomic E-state index is -0.103. The Morgan fingerprint density at radius 3 is 2.83 bits per heavy atom. The standard InChI is InChI=1S/C13H14BrNO2S/c1-17-10-4-2-3-9(7-10)15-11(8-16)12-5-6-13(14)18-12/h2-7,11,15-16H,8H2,1H3. The maximum Gasteiger partial charge on any atom is 0.120 e. The Labute approximate surface area is 119 Å². The fourth-order valence-corrected chi connectivity index (χ4v) is 3.10. The summed E-state index contributed by atoms with van der Waals surface area (Å²) in [5.41, 5.74) is 0.929. The van der Waals surface area contributed by atoms with E-state index in [2.05, 4.69) is 21.2 Å². The highest BCUT2D eigenvalue weighted by atomic mass is 79.9. The Balaban J connectivity index is 2.14. The molecule has 0 fully saturated rings. The summed E-state index contributed by atoms with van der Waals surface area (Å²) in [4.78, 5) is 1.09. The van der Waals surface area contributed by atoms with E-state index in [0.717, 1.165) is 20.1 Å². The van der Waals surface area contributed by atoms with Gasteiger partial charge in [0.05, 0.1) is 23.5 Å². The van der Waals surface area contributed by atoms with E-state index in [4.69, 9.17) is 4.74 Å². The summed E-state index contributed by atoms with van der Waals surface area (Å²) in [6.07, 6.45) is 0. The van der Waals surface area contributed by atoms with E-state index in [1.165, 1.54) is 0 Å². The second-order valence-electron chi connectivity index (χ2n) is 3.75. The van der Waals surface area contributed by atoms with Gasteiger partial charge < -0.3 is 15.2 Å². The van der Waals surface area contributed by atoms with Gasteiger partial charge in [0.1, 0.15) is 5.75 Å². The number of aliphatic hydroxyl groups is 1. The van der Waals surface area contributed by atoms with E-state index in [0.29, 0.717) is 0 Å². The minimum absolute atomic E-state index is 0.0458. The van der Waals surface area contributed by atoms with Crippen molar-refractivity contribution in [1.29, 1.82) is 0 Å². The van der Waals surface area contributed by atoms with Gasteiger partial charge in [-0.05, 0) is 40.2 Å². The molecule has 3 nitrogen and oxygen atoms in total. The van der Waals surface area contributed by atoms with Gasteiger partial charge in [0, 0.05) is 16.6 Å². The molecule has 1 unspecified atom stereocenters. The molecule has 0 radical (unpaired) electrons. The topological polar surface area (TPSA) is 41.5 Å². The number of nitrogens with one attached hydrogen (secondary N) is 1. The molecule has 5 heteroatoms. The minimum Gasteiger partial charge on any atom is -0.497 e. The van der Waals surface area contributed by atoms with Crippen LogP contribution in [0.3, 0.4) is 0 Å². The van der Waals surface area contributed by atoms with Crippen LogP contribution in [0.2, 0.25) is 0 Å². The zero-order valence-corrected chi connectivity index (χ0v) is 12.3. The lowest BCUT2D eigenvalue weighted by molar-refractivity contribution is 0.277. The van der Waals surface area contributed by atoms with Crippen LogP contribution in [0.1, 0.15) is 10.9 Å². The third-order valence-electron chi connectivity index (χ3n) is 2.53. The molecule has 0 aliphatic carbocycles. The first-order valence-corrected chi connectivity index (χ1v) is 7.10. The van der Waals surface area contributed by atoms with Gasteiger partial charge in [0.15, 0.2) is 0 Å². The van der Waals surface area contributed by atoms with E-state index < -0.39 is 0 Å². The highest BCUT2D eigenvalue weighted by Crippen LogP contribution is 2.30. The monoisotopic (exact) mass is 327 g/mol. The van der Waals surface area contributed by atoms with Gasteiger partial charge in [0.25, 0.3) is 0 Å². The molecule has 96 valence electrons. The molecule has 2 N–H and O–H groups in total. The van der Waals surface area contributed by atoms with Gasteiger partial charge in [0.2, 0.25) is 0 Å². The Morgan fingerprint density at radius 2 is 2.22 bits per heavy atom. The molecule has 2 rings (SSSR count). The van der Waals surface area contributed by atoms with Crippen molar-refractivity contribution >= 4 is 33.0 Å². The first kappa shape index (κ1) is 13.4. The van der Waals surface area contributed by atoms with Crippen molar-refractivity contribution in [2.24, 2.45) is 0 Å². The highest BCUT2D eigenvalue weighted by Gasteiger charge is 2.12. The van der Waals surface area contributed by atoms with Crippen LogP contribution < -0.4 is 10.1 Å². The summed E-state index contributed by atoms with van der Waals surface area (Å²) >= 11 is 5.04. The van der Waals surface area contributed by atoms with Gasteiger partial charge in [-0.25, -0.2) is 0 Å². The Hall–Kier alpha value is -1.04. The highest BCUT2D eigenvalue weighted by molar-refractivity contribution is 9.11. The Morgan fingerprint density at radius 1 is 1.39 bits per heavy atom. The fourth-order valence-electron chi connectivity index (χ4n) is 1.64.